The number of aromatic nitrogens is 1. The minimum atomic E-state index is 0.649. The molecule has 0 unspecified atom stereocenters. The third kappa shape index (κ3) is 2.44. The normalized spacial score (nSPS) is 10.7. The Morgan fingerprint density at radius 2 is 1.85 bits per heavy atom. The number of nitrogens with zero attached hydrogens (tertiary/aromatic N) is 1. The van der Waals surface area contributed by atoms with E-state index in [0.29, 0.717) is 16.5 Å². The van der Waals surface area contributed by atoms with Crippen molar-refractivity contribution in [2.45, 2.75) is 0 Å². The highest BCUT2D eigenvalue weighted by molar-refractivity contribution is 9.10. The van der Waals surface area contributed by atoms with Gasteiger partial charge < -0.3 is 10.5 Å². The number of nitrogens with two attached hydrogens (primary N) is 1. The van der Waals surface area contributed by atoms with Crippen LogP contribution in [0.4, 0.5) is 5.69 Å². The summed E-state index contributed by atoms with van der Waals surface area (Å²) in [7, 11) is 0. The first kappa shape index (κ1) is 13.2. The average Bonchev–Trinajstić information content (AvgIpc) is 2.45. The van der Waals surface area contributed by atoms with E-state index >= 15 is 0 Å². The van der Waals surface area contributed by atoms with Gasteiger partial charge in [0.15, 0.2) is 0 Å². The molecule has 0 saturated heterocycles. The highest BCUT2D eigenvalue weighted by Crippen LogP contribution is 2.36. The van der Waals surface area contributed by atoms with Gasteiger partial charge in [0.25, 0.3) is 0 Å². The van der Waals surface area contributed by atoms with Crippen molar-refractivity contribution in [3.05, 3.63) is 58.3 Å². The molecule has 0 radical (unpaired) electrons. The van der Waals surface area contributed by atoms with Crippen LogP contribution in [-0.4, -0.2) is 4.98 Å². The predicted molar refractivity (Wildman–Crippen MR) is 85.4 cm³/mol. The highest BCUT2D eigenvalue weighted by Gasteiger charge is 2.08. The molecule has 0 atom stereocenters. The Bertz CT molecular complexity index is 792. The van der Waals surface area contributed by atoms with Crippen LogP contribution in [0.25, 0.3) is 10.8 Å². The van der Waals surface area contributed by atoms with Crippen molar-refractivity contribution in [1.82, 2.24) is 4.98 Å². The molecule has 0 aliphatic carbocycles. The summed E-state index contributed by atoms with van der Waals surface area (Å²) in [6.07, 6.45) is 3.44. The van der Waals surface area contributed by atoms with Crippen molar-refractivity contribution in [3.63, 3.8) is 0 Å². The van der Waals surface area contributed by atoms with Crippen molar-refractivity contribution in [2.75, 3.05) is 5.73 Å². The summed E-state index contributed by atoms with van der Waals surface area (Å²) >= 11 is 9.36. The van der Waals surface area contributed by atoms with Crippen LogP contribution >= 0.6 is 27.5 Å². The number of fused-ring (bicyclic) bond motifs is 1. The van der Waals surface area contributed by atoms with Gasteiger partial charge in [0.05, 0.1) is 4.47 Å². The van der Waals surface area contributed by atoms with Gasteiger partial charge >= 0.3 is 0 Å². The predicted octanol–water partition coefficient (Wildman–Crippen LogP) is 5.03. The van der Waals surface area contributed by atoms with E-state index < -0.39 is 0 Å². The number of hydrogen-bond donors (Lipinski definition) is 1. The van der Waals surface area contributed by atoms with Gasteiger partial charge in [0, 0.05) is 33.9 Å². The number of pyridine rings is 1. The van der Waals surface area contributed by atoms with Crippen LogP contribution in [-0.2, 0) is 0 Å². The topological polar surface area (TPSA) is 48.1 Å². The molecule has 0 fully saturated rings. The number of ether oxygens (including phenoxy) is 1. The van der Waals surface area contributed by atoms with E-state index in [1.54, 1.807) is 24.5 Å². The Kier molecular flexibility index (Phi) is 3.51. The maximum atomic E-state index is 5.95. The van der Waals surface area contributed by atoms with Crippen molar-refractivity contribution < 1.29 is 4.74 Å². The van der Waals surface area contributed by atoms with E-state index in [1.165, 1.54) is 0 Å². The minimum absolute atomic E-state index is 0.649. The number of hydrogen-bond acceptors (Lipinski definition) is 3. The van der Waals surface area contributed by atoms with Crippen molar-refractivity contribution in [1.29, 1.82) is 0 Å². The van der Waals surface area contributed by atoms with E-state index in [4.69, 9.17) is 22.1 Å². The summed E-state index contributed by atoms with van der Waals surface area (Å²) in [4.78, 5) is 4.09. The molecule has 20 heavy (non-hydrogen) atoms. The van der Waals surface area contributed by atoms with Crippen LogP contribution < -0.4 is 10.5 Å². The number of benzene rings is 2. The number of rotatable bonds is 2. The van der Waals surface area contributed by atoms with Crippen LogP contribution in [0.3, 0.4) is 0 Å². The van der Waals surface area contributed by atoms with Crippen LogP contribution in [0, 0.1) is 0 Å². The fourth-order valence-corrected chi connectivity index (χ4v) is 2.71. The Morgan fingerprint density at radius 3 is 2.65 bits per heavy atom. The van der Waals surface area contributed by atoms with Gasteiger partial charge in [-0.15, -0.1) is 0 Å². The molecule has 3 rings (SSSR count). The lowest BCUT2D eigenvalue weighted by molar-refractivity contribution is 0.485. The molecular weight excluding hydrogens is 340 g/mol. The fraction of sp³-hybridized carbons (Fsp3) is 0. The SMILES string of the molecule is Nc1ccc(Oc2ccc(Cl)cc2Br)c2ccncc12. The van der Waals surface area contributed by atoms with Crippen molar-refractivity contribution in [3.8, 4) is 11.5 Å². The second-order valence-electron chi connectivity index (χ2n) is 4.25. The van der Waals surface area contributed by atoms with Crippen LogP contribution in [0.5, 0.6) is 11.5 Å². The molecule has 0 saturated carbocycles. The van der Waals surface area contributed by atoms with Gasteiger partial charge in [0.1, 0.15) is 11.5 Å². The molecule has 3 nitrogen and oxygen atoms in total. The van der Waals surface area contributed by atoms with Crippen LogP contribution in [0.1, 0.15) is 0 Å². The molecule has 3 aromatic rings. The summed E-state index contributed by atoms with van der Waals surface area (Å²) in [5, 5.41) is 2.44. The Morgan fingerprint density at radius 1 is 1.05 bits per heavy atom. The standard InChI is InChI=1S/C15H10BrClN2O/c16-12-7-9(17)1-3-15(12)20-14-4-2-13(18)11-8-19-6-5-10(11)14/h1-8H,18H2. The van der Waals surface area contributed by atoms with Gasteiger partial charge in [-0.25, -0.2) is 0 Å². The Hall–Kier alpha value is -1.78. The van der Waals surface area contributed by atoms with Gasteiger partial charge in [-0.1, -0.05) is 11.6 Å². The lowest BCUT2D eigenvalue weighted by atomic mass is 10.1. The molecule has 2 aromatic carbocycles. The van der Waals surface area contributed by atoms with E-state index in [-0.39, 0.29) is 0 Å². The molecule has 0 spiro atoms. The third-order valence-electron chi connectivity index (χ3n) is 2.93. The minimum Gasteiger partial charge on any atom is -0.456 e. The molecular formula is C15H10BrClN2O. The average molecular weight is 350 g/mol. The van der Waals surface area contributed by atoms with E-state index in [0.717, 1.165) is 21.0 Å². The van der Waals surface area contributed by atoms with E-state index in [1.807, 2.05) is 24.3 Å². The van der Waals surface area contributed by atoms with Crippen molar-refractivity contribution >= 4 is 44.0 Å². The highest BCUT2D eigenvalue weighted by atomic mass is 79.9. The molecule has 1 heterocycles. The van der Waals surface area contributed by atoms with Crippen LogP contribution in [0.2, 0.25) is 5.02 Å². The first-order valence-corrected chi connectivity index (χ1v) is 7.07. The summed E-state index contributed by atoms with van der Waals surface area (Å²) in [5.74, 6) is 1.41. The molecule has 0 aliphatic rings. The quantitative estimate of drug-likeness (QED) is 0.660. The zero-order valence-corrected chi connectivity index (χ0v) is 12.6. The lowest BCUT2D eigenvalue weighted by Gasteiger charge is -2.11. The number of nitrogen functional groups attached to an aromatic ring is 1. The molecule has 0 bridgehead atoms. The summed E-state index contributed by atoms with van der Waals surface area (Å²) in [6.45, 7) is 0. The molecule has 2 N–H and O–H groups in total. The smallest absolute Gasteiger partial charge is 0.141 e. The number of halogens is 2. The molecule has 5 heteroatoms. The van der Waals surface area contributed by atoms with E-state index in [2.05, 4.69) is 20.9 Å². The van der Waals surface area contributed by atoms with Gasteiger partial charge in [-0.3, -0.25) is 4.98 Å². The first-order valence-electron chi connectivity index (χ1n) is 5.90. The maximum Gasteiger partial charge on any atom is 0.141 e. The van der Waals surface area contributed by atoms with Gasteiger partial charge in [-0.05, 0) is 52.3 Å². The summed E-state index contributed by atoms with van der Waals surface area (Å²) < 4.78 is 6.74. The summed E-state index contributed by atoms with van der Waals surface area (Å²) in [6, 6.07) is 10.9. The van der Waals surface area contributed by atoms with Gasteiger partial charge in [0.2, 0.25) is 0 Å². The Balaban J connectivity index is 2.09. The fourth-order valence-electron chi connectivity index (χ4n) is 1.95. The first-order chi connectivity index (χ1) is 9.65. The molecule has 100 valence electrons. The van der Waals surface area contributed by atoms with Crippen LogP contribution in [0.15, 0.2) is 53.3 Å². The maximum absolute atomic E-state index is 5.95. The second-order valence-corrected chi connectivity index (χ2v) is 5.54. The largest absolute Gasteiger partial charge is 0.456 e. The molecule has 0 aliphatic heterocycles. The number of anilines is 1. The zero-order chi connectivity index (χ0) is 14.1. The monoisotopic (exact) mass is 348 g/mol. The molecule has 1 aromatic heterocycles. The molecule has 0 amide bonds. The summed E-state index contributed by atoms with van der Waals surface area (Å²) in [5.41, 5.74) is 6.62. The Labute approximate surface area is 129 Å². The zero-order valence-electron chi connectivity index (χ0n) is 10.3. The lowest BCUT2D eigenvalue weighted by Crippen LogP contribution is -1.91. The van der Waals surface area contributed by atoms with E-state index in [9.17, 15) is 0 Å². The second kappa shape index (κ2) is 5.31. The van der Waals surface area contributed by atoms with Crippen molar-refractivity contribution in [2.24, 2.45) is 0 Å². The third-order valence-corrected chi connectivity index (χ3v) is 3.78. The van der Waals surface area contributed by atoms with Gasteiger partial charge in [-0.2, -0.15) is 0 Å².